The van der Waals surface area contributed by atoms with E-state index in [1.165, 1.54) is 6.07 Å². The van der Waals surface area contributed by atoms with Crippen LogP contribution in [-0.4, -0.2) is 52.7 Å². The maximum absolute atomic E-state index is 14.9. The summed E-state index contributed by atoms with van der Waals surface area (Å²) in [5, 5.41) is 9.43. The van der Waals surface area contributed by atoms with Crippen LogP contribution in [0.25, 0.3) is 0 Å². The van der Waals surface area contributed by atoms with Crippen molar-refractivity contribution in [1.29, 1.82) is 0 Å². The lowest BCUT2D eigenvalue weighted by Crippen LogP contribution is -2.49. The molecule has 2 saturated heterocycles. The summed E-state index contributed by atoms with van der Waals surface area (Å²) in [4.78, 5) is 16.6. The average Bonchev–Trinajstić information content (AvgIpc) is 3.06. The molecule has 0 unspecified atom stereocenters. The van der Waals surface area contributed by atoms with Crippen molar-refractivity contribution in [1.82, 2.24) is 9.80 Å². The lowest BCUT2D eigenvalue weighted by Gasteiger charge is -2.37. The Morgan fingerprint density at radius 2 is 1.86 bits per heavy atom. The maximum atomic E-state index is 14.9. The second-order valence-corrected chi connectivity index (χ2v) is 8.15. The number of aromatic hydroxyl groups is 1. The van der Waals surface area contributed by atoms with Gasteiger partial charge in [0.2, 0.25) is 5.91 Å². The highest BCUT2D eigenvalue weighted by atomic mass is 19.1. The third kappa shape index (κ3) is 4.13. The van der Waals surface area contributed by atoms with E-state index in [1.807, 2.05) is 11.0 Å². The summed E-state index contributed by atoms with van der Waals surface area (Å²) >= 11 is 0. The fourth-order valence-electron chi connectivity index (χ4n) is 4.48. The van der Waals surface area contributed by atoms with Crippen LogP contribution in [0, 0.1) is 12.7 Å². The van der Waals surface area contributed by atoms with Gasteiger partial charge in [0.15, 0.2) is 0 Å². The molecule has 1 N–H and O–H groups in total. The number of piperidine rings is 1. The van der Waals surface area contributed by atoms with Crippen LogP contribution < -0.4 is 0 Å². The van der Waals surface area contributed by atoms with Crippen LogP contribution in [0.5, 0.6) is 5.75 Å². The molecule has 2 aliphatic rings. The minimum Gasteiger partial charge on any atom is -0.508 e. The van der Waals surface area contributed by atoms with Crippen LogP contribution in [-0.2, 0) is 11.3 Å². The van der Waals surface area contributed by atoms with Gasteiger partial charge >= 0.3 is 0 Å². The van der Waals surface area contributed by atoms with Gasteiger partial charge in [-0.3, -0.25) is 9.69 Å². The minimum absolute atomic E-state index is 0.00117. The lowest BCUT2D eigenvalue weighted by molar-refractivity contribution is -0.133. The van der Waals surface area contributed by atoms with Crippen molar-refractivity contribution in [2.24, 2.45) is 0 Å². The molecule has 29 heavy (non-hydrogen) atoms. The lowest BCUT2D eigenvalue weighted by atomic mass is 9.87. The molecule has 0 aromatic heterocycles. The Hall–Kier alpha value is -2.47. The topological polar surface area (TPSA) is 43.8 Å². The number of hydrogen-bond acceptors (Lipinski definition) is 3. The molecule has 2 fully saturated rings. The fourth-order valence-corrected chi connectivity index (χ4v) is 4.48. The van der Waals surface area contributed by atoms with E-state index < -0.39 is 6.17 Å². The van der Waals surface area contributed by atoms with E-state index in [0.29, 0.717) is 38.0 Å². The first-order chi connectivity index (χ1) is 13.9. The molecule has 2 aliphatic heterocycles. The van der Waals surface area contributed by atoms with Crippen molar-refractivity contribution < 1.29 is 18.7 Å². The van der Waals surface area contributed by atoms with Gasteiger partial charge in [0.05, 0.1) is 6.04 Å². The van der Waals surface area contributed by atoms with Crippen molar-refractivity contribution in [3.63, 3.8) is 0 Å². The van der Waals surface area contributed by atoms with Gasteiger partial charge in [-0.1, -0.05) is 24.3 Å². The van der Waals surface area contributed by atoms with E-state index in [0.717, 1.165) is 11.1 Å². The zero-order chi connectivity index (χ0) is 20.5. The molecular weight excluding hydrogens is 374 g/mol. The molecule has 2 aromatic rings. The average molecular weight is 400 g/mol. The van der Waals surface area contributed by atoms with Crippen molar-refractivity contribution in [2.45, 2.75) is 44.4 Å². The van der Waals surface area contributed by atoms with Crippen LogP contribution in [0.2, 0.25) is 0 Å². The maximum Gasteiger partial charge on any atom is 0.240 e. The zero-order valence-corrected chi connectivity index (χ0v) is 16.5. The van der Waals surface area contributed by atoms with Gasteiger partial charge in [0.1, 0.15) is 17.7 Å². The first-order valence-corrected chi connectivity index (χ1v) is 10.1. The Balaban J connectivity index is 1.38. The van der Waals surface area contributed by atoms with Crippen LogP contribution in [0.1, 0.15) is 35.4 Å². The normalized spacial score (nSPS) is 25.6. The summed E-state index contributed by atoms with van der Waals surface area (Å²) in [6.07, 6.45) is 0.254. The molecule has 0 saturated carbocycles. The predicted octanol–water partition coefficient (Wildman–Crippen LogP) is 3.77. The van der Waals surface area contributed by atoms with Crippen LogP contribution in [0.4, 0.5) is 8.78 Å². The molecule has 0 radical (unpaired) electrons. The predicted molar refractivity (Wildman–Crippen MR) is 107 cm³/mol. The molecule has 4 rings (SSSR count). The van der Waals surface area contributed by atoms with E-state index >= 15 is 0 Å². The van der Waals surface area contributed by atoms with Crippen molar-refractivity contribution in [2.75, 3.05) is 19.6 Å². The van der Waals surface area contributed by atoms with Gasteiger partial charge in [-0.25, -0.2) is 8.78 Å². The molecular formula is C23H26F2N2O2. The molecule has 0 spiro atoms. The zero-order valence-electron chi connectivity index (χ0n) is 16.5. The quantitative estimate of drug-likeness (QED) is 0.850. The summed E-state index contributed by atoms with van der Waals surface area (Å²) in [5.74, 6) is -0.301. The Labute approximate surface area is 169 Å². The molecule has 154 valence electrons. The number of aryl methyl sites for hydroxylation is 1. The number of carbonyl (C=O) groups excluding carboxylic acids is 1. The highest BCUT2D eigenvalue weighted by Crippen LogP contribution is 2.33. The highest BCUT2D eigenvalue weighted by Gasteiger charge is 2.40. The number of phenolic OH excluding ortho intramolecular Hbond substituents is 1. The Kier molecular flexibility index (Phi) is 5.54. The van der Waals surface area contributed by atoms with Gasteiger partial charge in [0.25, 0.3) is 0 Å². The van der Waals surface area contributed by atoms with E-state index in [4.69, 9.17) is 0 Å². The molecule has 3 atom stereocenters. The third-order valence-electron chi connectivity index (χ3n) is 6.21. The smallest absolute Gasteiger partial charge is 0.240 e. The van der Waals surface area contributed by atoms with Gasteiger partial charge in [-0.15, -0.1) is 0 Å². The molecule has 0 bridgehead atoms. The number of nitrogens with zero attached hydrogens (tertiary/aromatic N) is 2. The van der Waals surface area contributed by atoms with Crippen molar-refractivity contribution in [3.8, 4) is 5.75 Å². The monoisotopic (exact) mass is 400 g/mol. The van der Waals surface area contributed by atoms with Crippen LogP contribution in [0.3, 0.4) is 0 Å². The molecule has 2 heterocycles. The molecule has 2 aromatic carbocycles. The van der Waals surface area contributed by atoms with Gasteiger partial charge in [0, 0.05) is 25.6 Å². The number of hydrogen-bond donors (Lipinski definition) is 1. The molecule has 1 amide bonds. The number of alkyl halides is 1. The Bertz CT molecular complexity index is 887. The summed E-state index contributed by atoms with van der Waals surface area (Å²) in [6, 6.07) is 11.5. The largest absolute Gasteiger partial charge is 0.508 e. The standard InChI is InChI=1S/C23H26F2N2O2/c1-15-2-3-16(12-20(15)24)13-27-11-9-22(23(27)29)26-10-8-19(21(25)14-26)17-4-6-18(28)7-5-17/h2-7,12,19,21-22,28H,8-11,13-14H2,1H3/t19-,21+,22-/m1/s1. The Morgan fingerprint density at radius 1 is 1.10 bits per heavy atom. The summed E-state index contributed by atoms with van der Waals surface area (Å²) in [7, 11) is 0. The van der Waals surface area contributed by atoms with E-state index in [-0.39, 0.29) is 36.0 Å². The van der Waals surface area contributed by atoms with E-state index in [1.54, 1.807) is 42.2 Å². The van der Waals surface area contributed by atoms with Crippen molar-refractivity contribution in [3.05, 3.63) is 65.0 Å². The van der Waals surface area contributed by atoms with Gasteiger partial charge < -0.3 is 10.0 Å². The number of carbonyl (C=O) groups is 1. The Morgan fingerprint density at radius 3 is 2.55 bits per heavy atom. The SMILES string of the molecule is Cc1ccc(CN2CC[C@@H](N3CC[C@H](c4ccc(O)cc4)[C@@H](F)C3)C2=O)cc1F. The number of halogens is 2. The van der Waals surface area contributed by atoms with Gasteiger partial charge in [-0.05, 0) is 61.2 Å². The number of phenols is 1. The second kappa shape index (κ2) is 8.11. The third-order valence-corrected chi connectivity index (χ3v) is 6.21. The number of benzene rings is 2. The summed E-state index contributed by atoms with van der Waals surface area (Å²) in [5.41, 5.74) is 2.25. The van der Waals surface area contributed by atoms with E-state index in [9.17, 15) is 18.7 Å². The van der Waals surface area contributed by atoms with E-state index in [2.05, 4.69) is 0 Å². The molecule has 4 nitrogen and oxygen atoms in total. The number of amides is 1. The second-order valence-electron chi connectivity index (χ2n) is 8.15. The first-order valence-electron chi connectivity index (χ1n) is 10.1. The molecule has 0 aliphatic carbocycles. The number of rotatable bonds is 4. The highest BCUT2D eigenvalue weighted by molar-refractivity contribution is 5.84. The fraction of sp³-hybridized carbons (Fsp3) is 0.435. The minimum atomic E-state index is -1.05. The first kappa shape index (κ1) is 19.8. The number of likely N-dealkylation sites (tertiary alicyclic amines) is 2. The summed E-state index contributed by atoms with van der Waals surface area (Å²) in [6.45, 7) is 3.60. The van der Waals surface area contributed by atoms with Gasteiger partial charge in [-0.2, -0.15) is 0 Å². The van der Waals surface area contributed by atoms with Crippen LogP contribution >= 0.6 is 0 Å². The van der Waals surface area contributed by atoms with Crippen molar-refractivity contribution >= 4 is 5.91 Å². The van der Waals surface area contributed by atoms with Crippen LogP contribution in [0.15, 0.2) is 42.5 Å². The molecule has 6 heteroatoms. The summed E-state index contributed by atoms with van der Waals surface area (Å²) < 4.78 is 28.7.